The number of ether oxygens (including phenoxy) is 1. The van der Waals surface area contributed by atoms with Crippen LogP contribution in [0.15, 0.2) is 78.9 Å². The Balaban J connectivity index is 2.00. The first kappa shape index (κ1) is 17.2. The Morgan fingerprint density at radius 1 is 0.852 bits per heavy atom. The Morgan fingerprint density at radius 2 is 1.48 bits per heavy atom. The van der Waals surface area contributed by atoms with Crippen LogP contribution in [0.3, 0.4) is 0 Å². The van der Waals surface area contributed by atoms with Crippen molar-refractivity contribution in [1.29, 1.82) is 0 Å². The first-order valence-corrected chi connectivity index (χ1v) is 9.13. The average Bonchev–Trinajstić information content (AvgIpc) is 2.73. The molecular formula is C24H20O3. The van der Waals surface area contributed by atoms with Gasteiger partial charge in [0.2, 0.25) is 0 Å². The van der Waals surface area contributed by atoms with Crippen molar-refractivity contribution in [1.82, 2.24) is 0 Å². The predicted molar refractivity (Wildman–Crippen MR) is 105 cm³/mol. The summed E-state index contributed by atoms with van der Waals surface area (Å²) in [6, 6.07) is 24.6. The van der Waals surface area contributed by atoms with Gasteiger partial charge in [0.05, 0.1) is 6.61 Å². The van der Waals surface area contributed by atoms with E-state index < -0.39 is 11.4 Å². The highest BCUT2D eigenvalue weighted by molar-refractivity contribution is 6.19. The third-order valence-electron chi connectivity index (χ3n) is 5.20. The summed E-state index contributed by atoms with van der Waals surface area (Å²) in [5, 5.41) is 0. The molecule has 1 aliphatic rings. The molecule has 0 saturated heterocycles. The van der Waals surface area contributed by atoms with Crippen LogP contribution < -0.4 is 0 Å². The summed E-state index contributed by atoms with van der Waals surface area (Å²) in [6.45, 7) is 1.99. The van der Waals surface area contributed by atoms with Crippen molar-refractivity contribution in [2.45, 2.75) is 18.8 Å². The molecule has 3 aromatic rings. The molecule has 27 heavy (non-hydrogen) atoms. The van der Waals surface area contributed by atoms with Gasteiger partial charge in [0.25, 0.3) is 0 Å². The SMILES string of the molecule is CCOC(=O)C1(C(=O)c2ccccc2)Cc2ccccc2-c2ccccc21. The maximum atomic E-state index is 13.7. The summed E-state index contributed by atoms with van der Waals surface area (Å²) in [7, 11) is 0. The minimum atomic E-state index is -1.37. The number of rotatable bonds is 4. The number of Topliss-reactive ketones (excluding diaryl/α,β-unsaturated/α-hetero) is 1. The molecule has 3 heteroatoms. The molecule has 0 bridgehead atoms. The zero-order chi connectivity index (χ0) is 18.9. The van der Waals surface area contributed by atoms with Crippen molar-refractivity contribution < 1.29 is 14.3 Å². The van der Waals surface area contributed by atoms with Gasteiger partial charge in [-0.3, -0.25) is 9.59 Å². The highest BCUT2D eigenvalue weighted by Gasteiger charge is 2.52. The molecule has 3 aromatic carbocycles. The van der Waals surface area contributed by atoms with Gasteiger partial charge in [0, 0.05) is 12.0 Å². The number of ketones is 1. The van der Waals surface area contributed by atoms with Gasteiger partial charge >= 0.3 is 5.97 Å². The first-order chi connectivity index (χ1) is 13.2. The van der Waals surface area contributed by atoms with Gasteiger partial charge in [-0.25, -0.2) is 0 Å². The molecule has 1 atom stereocenters. The summed E-state index contributed by atoms with van der Waals surface area (Å²) in [5.41, 5.74) is 2.82. The summed E-state index contributed by atoms with van der Waals surface area (Å²) >= 11 is 0. The van der Waals surface area contributed by atoms with E-state index in [4.69, 9.17) is 4.74 Å². The number of esters is 1. The largest absolute Gasteiger partial charge is 0.465 e. The highest BCUT2D eigenvalue weighted by Crippen LogP contribution is 2.45. The lowest BCUT2D eigenvalue weighted by molar-refractivity contribution is -0.148. The molecule has 0 aromatic heterocycles. The van der Waals surface area contributed by atoms with E-state index in [-0.39, 0.29) is 12.4 Å². The van der Waals surface area contributed by atoms with E-state index in [9.17, 15) is 9.59 Å². The van der Waals surface area contributed by atoms with Crippen LogP contribution in [-0.4, -0.2) is 18.4 Å². The molecule has 0 amide bonds. The molecule has 0 N–H and O–H groups in total. The standard InChI is InChI=1S/C24H20O3/c1-2-27-23(26)24(22(25)17-10-4-3-5-11-17)16-18-12-6-7-13-19(18)20-14-8-9-15-21(20)24/h3-15H,2,16H2,1H3. The summed E-state index contributed by atoms with van der Waals surface area (Å²) in [6.07, 6.45) is 0.298. The zero-order valence-electron chi connectivity index (χ0n) is 15.1. The van der Waals surface area contributed by atoms with Gasteiger partial charge in [-0.15, -0.1) is 0 Å². The van der Waals surface area contributed by atoms with E-state index >= 15 is 0 Å². The number of hydrogen-bond donors (Lipinski definition) is 0. The second-order valence-electron chi connectivity index (χ2n) is 6.70. The Bertz CT molecular complexity index is 1010. The van der Waals surface area contributed by atoms with E-state index in [1.807, 2.05) is 66.7 Å². The van der Waals surface area contributed by atoms with Crippen LogP contribution in [0.4, 0.5) is 0 Å². The normalized spacial score (nSPS) is 17.5. The van der Waals surface area contributed by atoms with Crippen molar-refractivity contribution in [3.05, 3.63) is 95.6 Å². The minimum Gasteiger partial charge on any atom is -0.465 e. The Labute approximate surface area is 158 Å². The molecule has 4 rings (SSSR count). The van der Waals surface area contributed by atoms with Gasteiger partial charge < -0.3 is 4.74 Å². The fourth-order valence-electron chi connectivity index (χ4n) is 3.98. The molecule has 134 valence electrons. The van der Waals surface area contributed by atoms with Gasteiger partial charge in [0.15, 0.2) is 11.2 Å². The van der Waals surface area contributed by atoms with Crippen LogP contribution in [0.25, 0.3) is 11.1 Å². The van der Waals surface area contributed by atoms with Gasteiger partial charge in [-0.1, -0.05) is 78.9 Å². The van der Waals surface area contributed by atoms with Gasteiger partial charge in [0.1, 0.15) is 0 Å². The molecule has 0 fully saturated rings. The molecule has 1 unspecified atom stereocenters. The lowest BCUT2D eigenvalue weighted by Gasteiger charge is -2.36. The van der Waals surface area contributed by atoms with Crippen LogP contribution in [0.5, 0.6) is 0 Å². The Kier molecular flexibility index (Phi) is 4.36. The smallest absolute Gasteiger partial charge is 0.324 e. The fraction of sp³-hybridized carbons (Fsp3) is 0.167. The summed E-state index contributed by atoms with van der Waals surface area (Å²) in [5.74, 6) is -0.704. The van der Waals surface area contributed by atoms with Crippen molar-refractivity contribution in [3.63, 3.8) is 0 Å². The quantitative estimate of drug-likeness (QED) is 0.390. The monoisotopic (exact) mass is 356 g/mol. The number of carbonyl (C=O) groups is 2. The molecule has 0 aliphatic heterocycles. The average molecular weight is 356 g/mol. The zero-order valence-corrected chi connectivity index (χ0v) is 15.1. The van der Waals surface area contributed by atoms with Crippen LogP contribution >= 0.6 is 0 Å². The van der Waals surface area contributed by atoms with Crippen molar-refractivity contribution in [3.8, 4) is 11.1 Å². The maximum absolute atomic E-state index is 13.7. The molecule has 0 spiro atoms. The Hall–Kier alpha value is -3.20. The number of fused-ring (bicyclic) bond motifs is 3. The van der Waals surface area contributed by atoms with Crippen molar-refractivity contribution >= 4 is 11.8 Å². The topological polar surface area (TPSA) is 43.4 Å². The van der Waals surface area contributed by atoms with E-state index in [0.29, 0.717) is 12.0 Å². The van der Waals surface area contributed by atoms with Crippen LogP contribution in [0.1, 0.15) is 28.4 Å². The van der Waals surface area contributed by atoms with E-state index in [1.165, 1.54) is 0 Å². The fourth-order valence-corrected chi connectivity index (χ4v) is 3.98. The van der Waals surface area contributed by atoms with Crippen molar-refractivity contribution in [2.75, 3.05) is 6.61 Å². The molecule has 0 radical (unpaired) electrons. The van der Waals surface area contributed by atoms with E-state index in [1.54, 1.807) is 19.1 Å². The van der Waals surface area contributed by atoms with Crippen LogP contribution in [0.2, 0.25) is 0 Å². The third-order valence-corrected chi connectivity index (χ3v) is 5.20. The lowest BCUT2D eigenvalue weighted by Crippen LogP contribution is -2.48. The number of carbonyl (C=O) groups excluding carboxylic acids is 2. The van der Waals surface area contributed by atoms with E-state index in [2.05, 4.69) is 0 Å². The van der Waals surface area contributed by atoms with Crippen LogP contribution in [0, 0.1) is 0 Å². The number of benzene rings is 3. The molecule has 0 heterocycles. The minimum absolute atomic E-state index is 0.219. The predicted octanol–water partition coefficient (Wildman–Crippen LogP) is 4.59. The lowest BCUT2D eigenvalue weighted by atomic mass is 9.64. The first-order valence-electron chi connectivity index (χ1n) is 9.13. The highest BCUT2D eigenvalue weighted by atomic mass is 16.5. The Morgan fingerprint density at radius 3 is 2.22 bits per heavy atom. The van der Waals surface area contributed by atoms with Crippen LogP contribution in [-0.2, 0) is 21.4 Å². The third kappa shape index (κ3) is 2.67. The molecule has 3 nitrogen and oxygen atoms in total. The van der Waals surface area contributed by atoms with Gasteiger partial charge in [-0.2, -0.15) is 0 Å². The second kappa shape index (κ2) is 6.84. The second-order valence-corrected chi connectivity index (χ2v) is 6.70. The number of hydrogen-bond acceptors (Lipinski definition) is 3. The maximum Gasteiger partial charge on any atom is 0.324 e. The van der Waals surface area contributed by atoms with Gasteiger partial charge in [-0.05, 0) is 29.2 Å². The molecular weight excluding hydrogens is 336 g/mol. The molecule has 0 saturated carbocycles. The summed E-state index contributed by atoms with van der Waals surface area (Å²) in [4.78, 5) is 27.0. The van der Waals surface area contributed by atoms with Crippen molar-refractivity contribution in [2.24, 2.45) is 0 Å². The van der Waals surface area contributed by atoms with E-state index in [0.717, 1.165) is 22.3 Å². The molecule has 1 aliphatic carbocycles. The summed E-state index contributed by atoms with van der Waals surface area (Å²) < 4.78 is 5.44.